The van der Waals surface area contributed by atoms with Crippen molar-refractivity contribution in [1.82, 2.24) is 4.90 Å². The molecule has 0 aliphatic carbocycles. The van der Waals surface area contributed by atoms with Gasteiger partial charge in [-0.15, -0.1) is 0 Å². The molecule has 0 bridgehead atoms. The Kier molecular flexibility index (Phi) is 6.18. The minimum Gasteiger partial charge on any atom is -0.395 e. The van der Waals surface area contributed by atoms with Crippen LogP contribution < -0.4 is 5.32 Å². The minimum atomic E-state index is -0.243. The Hall–Kier alpha value is -1.59. The Labute approximate surface area is 107 Å². The second kappa shape index (κ2) is 7.68. The average molecular weight is 252 g/mol. The van der Waals surface area contributed by atoms with Crippen LogP contribution >= 0.6 is 0 Å². The number of anilines is 1. The van der Waals surface area contributed by atoms with Crippen LogP contribution in [0.4, 0.5) is 10.5 Å². The molecule has 2 amide bonds. The lowest BCUT2D eigenvalue weighted by Gasteiger charge is -2.18. The zero-order valence-electron chi connectivity index (χ0n) is 10.8. The number of aliphatic hydroxyl groups is 1. The fourth-order valence-corrected chi connectivity index (χ4v) is 1.44. The number of hydrogen-bond donors (Lipinski definition) is 2. The molecule has 5 nitrogen and oxygen atoms in total. The predicted octanol–water partition coefficient (Wildman–Crippen LogP) is 1.68. The Morgan fingerprint density at radius 1 is 1.44 bits per heavy atom. The molecule has 0 aromatic heterocycles. The molecule has 0 heterocycles. The van der Waals surface area contributed by atoms with E-state index in [4.69, 9.17) is 9.84 Å². The quantitative estimate of drug-likeness (QED) is 0.809. The molecule has 0 radical (unpaired) electrons. The van der Waals surface area contributed by atoms with Gasteiger partial charge in [0, 0.05) is 31.5 Å². The van der Waals surface area contributed by atoms with Gasteiger partial charge in [-0.3, -0.25) is 0 Å². The topological polar surface area (TPSA) is 61.8 Å². The second-order valence-corrected chi connectivity index (χ2v) is 3.87. The first-order valence-corrected chi connectivity index (χ1v) is 5.97. The summed E-state index contributed by atoms with van der Waals surface area (Å²) in [7, 11) is 1.64. The Morgan fingerprint density at radius 2 is 2.17 bits per heavy atom. The number of para-hydroxylation sites is 1. The van der Waals surface area contributed by atoms with E-state index in [0.717, 1.165) is 11.3 Å². The van der Waals surface area contributed by atoms with Crippen molar-refractivity contribution in [2.45, 2.75) is 13.5 Å². The third-order valence-corrected chi connectivity index (χ3v) is 2.50. The number of carbonyl (C=O) groups is 1. The van der Waals surface area contributed by atoms with Crippen molar-refractivity contribution < 1.29 is 14.6 Å². The molecule has 0 aliphatic rings. The van der Waals surface area contributed by atoms with Crippen LogP contribution in [-0.4, -0.2) is 42.8 Å². The molecule has 0 spiro atoms. The van der Waals surface area contributed by atoms with Crippen molar-refractivity contribution in [1.29, 1.82) is 0 Å². The van der Waals surface area contributed by atoms with Crippen molar-refractivity contribution in [2.75, 3.05) is 32.1 Å². The molecule has 1 rings (SSSR count). The molecule has 0 saturated carbocycles. The van der Waals surface area contributed by atoms with Crippen LogP contribution in [0, 0.1) is 0 Å². The molecule has 0 fully saturated rings. The monoisotopic (exact) mass is 252 g/mol. The summed E-state index contributed by atoms with van der Waals surface area (Å²) in [4.78, 5) is 13.2. The molecule has 18 heavy (non-hydrogen) atoms. The van der Waals surface area contributed by atoms with Gasteiger partial charge >= 0.3 is 6.03 Å². The summed E-state index contributed by atoms with van der Waals surface area (Å²) in [6, 6.07) is 7.27. The lowest BCUT2D eigenvalue weighted by molar-refractivity contribution is 0.134. The van der Waals surface area contributed by atoms with Crippen LogP contribution in [0.1, 0.15) is 12.5 Å². The molecule has 0 saturated heterocycles. The highest BCUT2D eigenvalue weighted by molar-refractivity contribution is 5.89. The highest BCUT2D eigenvalue weighted by atomic mass is 16.5. The molecule has 0 unspecified atom stereocenters. The van der Waals surface area contributed by atoms with Gasteiger partial charge in [-0.25, -0.2) is 4.79 Å². The highest BCUT2D eigenvalue weighted by Crippen LogP contribution is 2.16. The number of nitrogens with one attached hydrogen (secondary N) is 1. The van der Waals surface area contributed by atoms with Crippen LogP contribution in [0.2, 0.25) is 0 Å². The van der Waals surface area contributed by atoms with Crippen molar-refractivity contribution in [3.8, 4) is 0 Å². The van der Waals surface area contributed by atoms with Crippen LogP contribution in [0.5, 0.6) is 0 Å². The van der Waals surface area contributed by atoms with Crippen molar-refractivity contribution >= 4 is 11.7 Å². The summed E-state index contributed by atoms with van der Waals surface area (Å²) in [6.07, 6.45) is 0. The fraction of sp³-hybridized carbons (Fsp3) is 0.462. The van der Waals surface area contributed by atoms with Crippen molar-refractivity contribution in [2.24, 2.45) is 0 Å². The maximum Gasteiger partial charge on any atom is 0.321 e. The molecule has 2 N–H and O–H groups in total. The minimum absolute atomic E-state index is 0.0511. The van der Waals surface area contributed by atoms with Crippen molar-refractivity contribution in [3.63, 3.8) is 0 Å². The normalized spacial score (nSPS) is 10.2. The van der Waals surface area contributed by atoms with E-state index in [1.165, 1.54) is 4.90 Å². The summed E-state index contributed by atoms with van der Waals surface area (Å²) < 4.78 is 5.34. The van der Waals surface area contributed by atoms with Gasteiger partial charge < -0.3 is 20.1 Å². The number of amides is 2. The highest BCUT2D eigenvalue weighted by Gasteiger charge is 2.10. The Morgan fingerprint density at radius 3 is 2.83 bits per heavy atom. The number of ether oxygens (including phenoxy) is 1. The smallest absolute Gasteiger partial charge is 0.321 e. The number of hydrogen-bond acceptors (Lipinski definition) is 3. The van der Waals surface area contributed by atoms with Crippen molar-refractivity contribution in [3.05, 3.63) is 29.8 Å². The largest absolute Gasteiger partial charge is 0.395 e. The van der Waals surface area contributed by atoms with Gasteiger partial charge in [0.15, 0.2) is 0 Å². The summed E-state index contributed by atoms with van der Waals surface area (Å²) in [5, 5.41) is 11.6. The van der Waals surface area contributed by atoms with Gasteiger partial charge in [0.2, 0.25) is 0 Å². The van der Waals surface area contributed by atoms with Crippen LogP contribution in [0.15, 0.2) is 24.3 Å². The standard InChI is InChI=1S/C13H20N2O3/c1-3-18-10-11-6-4-5-7-12(11)14-13(17)15(2)8-9-16/h4-7,16H,3,8-10H2,1-2H3,(H,14,17). The van der Waals surface area contributed by atoms with Crippen LogP contribution in [-0.2, 0) is 11.3 Å². The molecule has 0 aliphatic heterocycles. The maximum absolute atomic E-state index is 11.8. The van der Waals surface area contributed by atoms with E-state index in [-0.39, 0.29) is 12.6 Å². The Balaban J connectivity index is 2.68. The first-order chi connectivity index (χ1) is 8.69. The molecular formula is C13H20N2O3. The van der Waals surface area contributed by atoms with E-state index < -0.39 is 0 Å². The summed E-state index contributed by atoms with van der Waals surface area (Å²) in [5.74, 6) is 0. The van der Waals surface area contributed by atoms with Crippen LogP contribution in [0.25, 0.3) is 0 Å². The van der Waals surface area contributed by atoms with Gasteiger partial charge in [-0.2, -0.15) is 0 Å². The van der Waals surface area contributed by atoms with Gasteiger partial charge in [0.25, 0.3) is 0 Å². The second-order valence-electron chi connectivity index (χ2n) is 3.87. The van der Waals surface area contributed by atoms with E-state index in [9.17, 15) is 4.79 Å². The zero-order valence-corrected chi connectivity index (χ0v) is 10.8. The molecule has 1 aromatic carbocycles. The lowest BCUT2D eigenvalue weighted by Crippen LogP contribution is -2.33. The van der Waals surface area contributed by atoms with Crippen LogP contribution in [0.3, 0.4) is 0 Å². The lowest BCUT2D eigenvalue weighted by atomic mass is 10.2. The number of urea groups is 1. The van der Waals surface area contributed by atoms with Gasteiger partial charge in [0.1, 0.15) is 0 Å². The number of rotatable bonds is 6. The number of benzene rings is 1. The molecule has 1 aromatic rings. The summed E-state index contributed by atoms with van der Waals surface area (Å²) >= 11 is 0. The first-order valence-electron chi connectivity index (χ1n) is 5.97. The predicted molar refractivity (Wildman–Crippen MR) is 70.5 cm³/mol. The summed E-state index contributed by atoms with van der Waals surface area (Å²) in [5.41, 5.74) is 1.67. The zero-order chi connectivity index (χ0) is 13.4. The number of aliphatic hydroxyl groups excluding tert-OH is 1. The first kappa shape index (κ1) is 14.5. The Bertz CT molecular complexity index is 382. The van der Waals surface area contributed by atoms with E-state index >= 15 is 0 Å². The van der Waals surface area contributed by atoms with E-state index in [1.807, 2.05) is 31.2 Å². The van der Waals surface area contributed by atoms with E-state index in [2.05, 4.69) is 5.32 Å². The van der Waals surface area contributed by atoms with E-state index in [1.54, 1.807) is 7.05 Å². The van der Waals surface area contributed by atoms with Gasteiger partial charge in [0.05, 0.1) is 13.2 Å². The molecule has 0 atom stereocenters. The maximum atomic E-state index is 11.8. The molecule has 100 valence electrons. The SMILES string of the molecule is CCOCc1ccccc1NC(=O)N(C)CCO. The number of nitrogens with zero attached hydrogens (tertiary/aromatic N) is 1. The van der Waals surface area contributed by atoms with Gasteiger partial charge in [-0.1, -0.05) is 18.2 Å². The van der Waals surface area contributed by atoms with Gasteiger partial charge in [-0.05, 0) is 13.0 Å². The summed E-state index contributed by atoms with van der Waals surface area (Å²) in [6.45, 7) is 3.28. The van der Waals surface area contributed by atoms with E-state index in [0.29, 0.717) is 19.8 Å². The molecular weight excluding hydrogens is 232 g/mol. The fourth-order valence-electron chi connectivity index (χ4n) is 1.44. The third kappa shape index (κ3) is 4.35. The number of carbonyl (C=O) groups excluding carboxylic acids is 1. The third-order valence-electron chi connectivity index (χ3n) is 2.50. The average Bonchev–Trinajstić information content (AvgIpc) is 2.38. The number of likely N-dealkylation sites (N-methyl/N-ethyl adjacent to an activating group) is 1. The molecule has 5 heteroatoms.